The standard InChI is InChI=1S/C23H24N4O4S/c1-29-19-8-4-3-7-17(19)27-22(26-11-5-2-6-12-26)24-25-23(27)32-14-18(28)16-9-10-20-21(13-16)31-15-30-20/h3-4,7-10,13H,2,5-6,11-12,14-15H2,1H3. The van der Waals surface area contributed by atoms with E-state index in [4.69, 9.17) is 14.2 Å². The summed E-state index contributed by atoms with van der Waals surface area (Å²) in [6, 6.07) is 13.1. The molecule has 8 nitrogen and oxygen atoms in total. The molecular weight excluding hydrogens is 428 g/mol. The molecule has 1 aromatic heterocycles. The number of rotatable bonds is 7. The van der Waals surface area contributed by atoms with Crippen molar-refractivity contribution in [3.8, 4) is 22.9 Å². The monoisotopic (exact) mass is 452 g/mol. The number of benzene rings is 2. The first-order chi connectivity index (χ1) is 15.7. The third-order valence-corrected chi connectivity index (χ3v) is 6.54. The van der Waals surface area contributed by atoms with Gasteiger partial charge in [-0.25, -0.2) is 0 Å². The summed E-state index contributed by atoms with van der Waals surface area (Å²) < 4.78 is 18.3. The van der Waals surface area contributed by atoms with Crippen molar-refractivity contribution < 1.29 is 19.0 Å². The van der Waals surface area contributed by atoms with Gasteiger partial charge in [-0.2, -0.15) is 0 Å². The van der Waals surface area contributed by atoms with Crippen LogP contribution in [0, 0.1) is 0 Å². The lowest BCUT2D eigenvalue weighted by Gasteiger charge is -2.28. The molecule has 9 heteroatoms. The Morgan fingerprint density at radius 1 is 1.06 bits per heavy atom. The molecule has 2 aromatic carbocycles. The first-order valence-electron chi connectivity index (χ1n) is 10.6. The van der Waals surface area contributed by atoms with Gasteiger partial charge in [0.25, 0.3) is 0 Å². The zero-order chi connectivity index (χ0) is 21.9. The van der Waals surface area contributed by atoms with E-state index in [0.29, 0.717) is 22.2 Å². The third-order valence-electron chi connectivity index (χ3n) is 5.61. The molecule has 32 heavy (non-hydrogen) atoms. The molecule has 2 aliphatic rings. The van der Waals surface area contributed by atoms with Gasteiger partial charge in [0.05, 0.1) is 18.6 Å². The number of ether oxygens (including phenoxy) is 3. The highest BCUT2D eigenvalue weighted by Crippen LogP contribution is 2.35. The van der Waals surface area contributed by atoms with Crippen molar-refractivity contribution in [3.05, 3.63) is 48.0 Å². The Labute approximate surface area is 190 Å². The number of thioether (sulfide) groups is 1. The van der Waals surface area contributed by atoms with Gasteiger partial charge >= 0.3 is 0 Å². The predicted octanol–water partition coefficient (Wildman–Crippen LogP) is 3.97. The molecule has 0 radical (unpaired) electrons. The van der Waals surface area contributed by atoms with Crippen molar-refractivity contribution in [1.29, 1.82) is 0 Å². The Balaban J connectivity index is 1.43. The molecule has 0 N–H and O–H groups in total. The fraction of sp³-hybridized carbons (Fsp3) is 0.348. The van der Waals surface area contributed by atoms with Crippen LogP contribution in [0.1, 0.15) is 29.6 Å². The quantitative estimate of drug-likeness (QED) is 0.394. The minimum Gasteiger partial charge on any atom is -0.495 e. The van der Waals surface area contributed by atoms with Gasteiger partial charge in [-0.3, -0.25) is 9.36 Å². The van der Waals surface area contributed by atoms with E-state index >= 15 is 0 Å². The summed E-state index contributed by atoms with van der Waals surface area (Å²) in [7, 11) is 1.65. The van der Waals surface area contributed by atoms with Gasteiger partial charge in [-0.05, 0) is 49.6 Å². The molecule has 0 unspecified atom stereocenters. The normalized spacial score (nSPS) is 15.1. The van der Waals surface area contributed by atoms with Crippen molar-refractivity contribution >= 4 is 23.5 Å². The smallest absolute Gasteiger partial charge is 0.232 e. The Hall–Kier alpha value is -3.20. The molecule has 0 amide bonds. The molecule has 166 valence electrons. The average molecular weight is 453 g/mol. The molecule has 3 aromatic rings. The summed E-state index contributed by atoms with van der Waals surface area (Å²) in [6.07, 6.45) is 3.48. The summed E-state index contributed by atoms with van der Waals surface area (Å²) in [5.41, 5.74) is 1.44. The molecule has 0 bridgehead atoms. The molecule has 1 saturated heterocycles. The highest BCUT2D eigenvalue weighted by molar-refractivity contribution is 7.99. The van der Waals surface area contributed by atoms with Crippen molar-refractivity contribution in [3.63, 3.8) is 0 Å². The van der Waals surface area contributed by atoms with Crippen LogP contribution in [0.2, 0.25) is 0 Å². The number of ketones is 1. The molecule has 0 spiro atoms. The fourth-order valence-corrected chi connectivity index (χ4v) is 4.80. The minimum atomic E-state index is -0.0117. The zero-order valence-electron chi connectivity index (χ0n) is 17.8. The van der Waals surface area contributed by atoms with E-state index in [1.165, 1.54) is 18.2 Å². The summed E-state index contributed by atoms with van der Waals surface area (Å²) in [4.78, 5) is 15.1. The van der Waals surface area contributed by atoms with Crippen LogP contribution in [0.4, 0.5) is 5.95 Å². The number of Topliss-reactive ketones (excluding diaryl/α,β-unsaturated/α-hetero) is 1. The number of anilines is 1. The number of para-hydroxylation sites is 2. The fourth-order valence-electron chi connectivity index (χ4n) is 3.96. The number of carbonyl (C=O) groups is 1. The van der Waals surface area contributed by atoms with Gasteiger partial charge in [0, 0.05) is 18.7 Å². The lowest BCUT2D eigenvalue weighted by Crippen LogP contribution is -2.31. The molecule has 3 heterocycles. The maximum Gasteiger partial charge on any atom is 0.232 e. The molecule has 1 fully saturated rings. The van der Waals surface area contributed by atoms with Gasteiger partial charge in [0.2, 0.25) is 12.7 Å². The topological polar surface area (TPSA) is 78.7 Å². The second-order valence-electron chi connectivity index (χ2n) is 7.62. The van der Waals surface area contributed by atoms with Crippen LogP contribution in [-0.4, -0.2) is 53.3 Å². The van der Waals surface area contributed by atoms with E-state index in [0.717, 1.165) is 43.3 Å². The number of methoxy groups -OCH3 is 1. The Bertz CT molecular complexity index is 1130. The molecular formula is C23H24N4O4S. The Morgan fingerprint density at radius 3 is 2.72 bits per heavy atom. The van der Waals surface area contributed by atoms with Gasteiger partial charge in [-0.15, -0.1) is 10.2 Å². The lowest BCUT2D eigenvalue weighted by molar-refractivity contribution is 0.102. The molecule has 0 saturated carbocycles. The van der Waals surface area contributed by atoms with Crippen LogP contribution < -0.4 is 19.1 Å². The Morgan fingerprint density at radius 2 is 1.88 bits per heavy atom. The van der Waals surface area contributed by atoms with Crippen LogP contribution in [0.3, 0.4) is 0 Å². The number of aromatic nitrogens is 3. The highest BCUT2D eigenvalue weighted by atomic mass is 32.2. The number of fused-ring (bicyclic) bond motifs is 1. The van der Waals surface area contributed by atoms with Crippen molar-refractivity contribution in [2.45, 2.75) is 24.4 Å². The summed E-state index contributed by atoms with van der Waals surface area (Å²) in [6.45, 7) is 2.06. The van der Waals surface area contributed by atoms with Gasteiger partial charge in [0.1, 0.15) is 5.75 Å². The van der Waals surface area contributed by atoms with Gasteiger partial charge < -0.3 is 19.1 Å². The average Bonchev–Trinajstić information content (AvgIpc) is 3.49. The van der Waals surface area contributed by atoms with Crippen LogP contribution >= 0.6 is 11.8 Å². The largest absolute Gasteiger partial charge is 0.495 e. The van der Waals surface area contributed by atoms with Crippen LogP contribution in [0.15, 0.2) is 47.6 Å². The minimum absolute atomic E-state index is 0.0117. The first-order valence-corrected chi connectivity index (χ1v) is 11.6. The van der Waals surface area contributed by atoms with E-state index in [1.807, 2.05) is 28.8 Å². The van der Waals surface area contributed by atoms with E-state index in [9.17, 15) is 4.79 Å². The Kier molecular flexibility index (Phi) is 5.89. The van der Waals surface area contributed by atoms with Crippen molar-refractivity contribution in [2.75, 3.05) is 37.6 Å². The highest BCUT2D eigenvalue weighted by Gasteiger charge is 2.24. The number of nitrogens with zero attached hydrogens (tertiary/aromatic N) is 4. The van der Waals surface area contributed by atoms with Crippen molar-refractivity contribution in [2.24, 2.45) is 0 Å². The summed E-state index contributed by atoms with van der Waals surface area (Å²) in [5.74, 6) is 3.00. The maximum atomic E-state index is 12.9. The van der Waals surface area contributed by atoms with Crippen molar-refractivity contribution in [1.82, 2.24) is 14.8 Å². The third kappa shape index (κ3) is 4.00. The van der Waals surface area contributed by atoms with Crippen LogP contribution in [0.25, 0.3) is 5.69 Å². The molecule has 5 rings (SSSR count). The second kappa shape index (κ2) is 9.12. The first kappa shape index (κ1) is 20.7. The molecule has 0 aliphatic carbocycles. The van der Waals surface area contributed by atoms with Gasteiger partial charge in [-0.1, -0.05) is 23.9 Å². The summed E-state index contributed by atoms with van der Waals surface area (Å²) in [5, 5.41) is 9.61. The predicted molar refractivity (Wildman–Crippen MR) is 122 cm³/mol. The number of hydrogen-bond acceptors (Lipinski definition) is 8. The van der Waals surface area contributed by atoms with Gasteiger partial charge in [0.15, 0.2) is 22.4 Å². The molecule has 2 aliphatic heterocycles. The van der Waals surface area contributed by atoms with Crippen LogP contribution in [-0.2, 0) is 0 Å². The maximum absolute atomic E-state index is 12.9. The van der Waals surface area contributed by atoms with E-state index < -0.39 is 0 Å². The van der Waals surface area contributed by atoms with E-state index in [2.05, 4.69) is 15.1 Å². The number of hydrogen-bond donors (Lipinski definition) is 0. The van der Waals surface area contributed by atoms with Crippen LogP contribution in [0.5, 0.6) is 17.2 Å². The van der Waals surface area contributed by atoms with E-state index in [-0.39, 0.29) is 18.3 Å². The molecule has 0 atom stereocenters. The summed E-state index contributed by atoms with van der Waals surface area (Å²) >= 11 is 1.37. The van der Waals surface area contributed by atoms with E-state index in [1.54, 1.807) is 25.3 Å². The number of carbonyl (C=O) groups excluding carboxylic acids is 1. The lowest BCUT2D eigenvalue weighted by atomic mass is 10.1. The second-order valence-corrected chi connectivity index (χ2v) is 8.56. The zero-order valence-corrected chi connectivity index (χ0v) is 18.6. The number of piperidine rings is 1. The SMILES string of the molecule is COc1ccccc1-n1c(SCC(=O)c2ccc3c(c2)OCO3)nnc1N1CCCCC1.